The molecule has 1 atom stereocenters. The van der Waals surface area contributed by atoms with Gasteiger partial charge >= 0.3 is 5.97 Å². The summed E-state index contributed by atoms with van der Waals surface area (Å²) in [4.78, 5) is 11.5. The molecule has 0 aromatic heterocycles. The Kier molecular flexibility index (Phi) is 5.16. The van der Waals surface area contributed by atoms with Gasteiger partial charge in [0.25, 0.3) is 0 Å². The van der Waals surface area contributed by atoms with Crippen LogP contribution in [0.4, 0.5) is 0 Å². The van der Waals surface area contributed by atoms with Crippen LogP contribution in [0.5, 0.6) is 0 Å². The molecule has 2 aromatic rings. The number of hydrogen-bond acceptors (Lipinski definition) is 1. The summed E-state index contributed by atoms with van der Waals surface area (Å²) in [6, 6.07) is 14.1. The molecule has 106 valence electrons. The first kappa shape index (κ1) is 14.6. The van der Waals surface area contributed by atoms with Gasteiger partial charge in [-0.15, -0.1) is 0 Å². The maximum absolute atomic E-state index is 11.5. The zero-order chi connectivity index (χ0) is 14.4. The van der Waals surface area contributed by atoms with Gasteiger partial charge in [0.2, 0.25) is 0 Å². The minimum atomic E-state index is -0.711. The van der Waals surface area contributed by atoms with Gasteiger partial charge in [0, 0.05) is 0 Å². The average Bonchev–Trinajstić information content (AvgIpc) is 2.46. The lowest BCUT2D eigenvalue weighted by molar-refractivity contribution is -0.139. The molecule has 2 rings (SSSR count). The quantitative estimate of drug-likeness (QED) is 0.720. The number of hydrogen-bond donors (Lipinski definition) is 1. The molecule has 2 nitrogen and oxygen atoms in total. The van der Waals surface area contributed by atoms with Crippen molar-refractivity contribution < 1.29 is 9.90 Å². The van der Waals surface area contributed by atoms with Crippen LogP contribution in [0.25, 0.3) is 10.8 Å². The molecule has 0 radical (unpaired) electrons. The number of benzene rings is 2. The monoisotopic (exact) mass is 270 g/mol. The van der Waals surface area contributed by atoms with Crippen molar-refractivity contribution in [2.75, 3.05) is 0 Å². The second kappa shape index (κ2) is 7.09. The van der Waals surface area contributed by atoms with Crippen LogP contribution in [0.3, 0.4) is 0 Å². The Balaban J connectivity index is 2.16. The van der Waals surface area contributed by atoms with Crippen LogP contribution in [0, 0.1) is 0 Å². The fourth-order valence-corrected chi connectivity index (χ4v) is 2.63. The van der Waals surface area contributed by atoms with Gasteiger partial charge in [-0.3, -0.25) is 4.79 Å². The molecular formula is C18H22O2. The summed E-state index contributed by atoms with van der Waals surface area (Å²) < 4.78 is 0. The predicted molar refractivity (Wildman–Crippen MR) is 83.1 cm³/mol. The van der Waals surface area contributed by atoms with E-state index in [9.17, 15) is 9.90 Å². The number of fused-ring (bicyclic) bond motifs is 1. The number of carboxylic acids is 1. The third-order valence-electron chi connectivity index (χ3n) is 3.82. The summed E-state index contributed by atoms with van der Waals surface area (Å²) in [6.07, 6.45) is 5.19. The summed E-state index contributed by atoms with van der Waals surface area (Å²) in [5.74, 6) is -1.09. The lowest BCUT2D eigenvalue weighted by Gasteiger charge is -2.13. The molecule has 2 heteroatoms. The molecule has 0 heterocycles. The highest BCUT2D eigenvalue weighted by atomic mass is 16.4. The van der Waals surface area contributed by atoms with Crippen molar-refractivity contribution in [3.63, 3.8) is 0 Å². The molecule has 0 aliphatic heterocycles. The van der Waals surface area contributed by atoms with E-state index in [1.54, 1.807) is 0 Å². The van der Waals surface area contributed by atoms with Gasteiger partial charge in [-0.1, -0.05) is 75.1 Å². The van der Waals surface area contributed by atoms with E-state index in [-0.39, 0.29) is 5.92 Å². The van der Waals surface area contributed by atoms with Gasteiger partial charge < -0.3 is 5.11 Å². The summed E-state index contributed by atoms with van der Waals surface area (Å²) in [6.45, 7) is 2.16. The Morgan fingerprint density at radius 2 is 1.80 bits per heavy atom. The Labute approximate surface area is 120 Å². The third kappa shape index (κ3) is 3.60. The van der Waals surface area contributed by atoms with E-state index in [0.29, 0.717) is 0 Å². The van der Waals surface area contributed by atoms with E-state index in [2.05, 4.69) is 13.0 Å². The Bertz CT molecular complexity index is 574. The summed E-state index contributed by atoms with van der Waals surface area (Å²) in [7, 11) is 0. The fourth-order valence-electron chi connectivity index (χ4n) is 2.63. The van der Waals surface area contributed by atoms with Crippen LogP contribution in [0.1, 0.15) is 50.5 Å². The lowest BCUT2D eigenvalue weighted by Crippen LogP contribution is -2.11. The van der Waals surface area contributed by atoms with Crippen molar-refractivity contribution in [1.29, 1.82) is 0 Å². The van der Waals surface area contributed by atoms with Crippen LogP contribution in [0.2, 0.25) is 0 Å². The maximum atomic E-state index is 11.5. The minimum Gasteiger partial charge on any atom is -0.481 e. The van der Waals surface area contributed by atoms with Crippen molar-refractivity contribution >= 4 is 16.7 Å². The van der Waals surface area contributed by atoms with Crippen LogP contribution in [0.15, 0.2) is 42.5 Å². The van der Waals surface area contributed by atoms with Gasteiger partial charge in [0.05, 0.1) is 5.92 Å². The fraction of sp³-hybridized carbons (Fsp3) is 0.389. The van der Waals surface area contributed by atoms with Crippen LogP contribution in [-0.2, 0) is 4.79 Å². The standard InChI is InChI=1S/C18H22O2/c1-2-3-4-5-10-17(18(19)20)16-12-11-14-8-6-7-9-15(14)13-16/h6-9,11-13,17H,2-5,10H2,1H3,(H,19,20). The van der Waals surface area contributed by atoms with Crippen LogP contribution < -0.4 is 0 Å². The van der Waals surface area contributed by atoms with Crippen molar-refractivity contribution in [3.8, 4) is 0 Å². The third-order valence-corrected chi connectivity index (χ3v) is 3.82. The highest BCUT2D eigenvalue weighted by molar-refractivity contribution is 5.85. The number of aliphatic carboxylic acids is 1. The highest BCUT2D eigenvalue weighted by Gasteiger charge is 2.19. The molecule has 0 fully saturated rings. The van der Waals surface area contributed by atoms with E-state index >= 15 is 0 Å². The zero-order valence-corrected chi connectivity index (χ0v) is 12.0. The minimum absolute atomic E-state index is 0.378. The lowest BCUT2D eigenvalue weighted by atomic mass is 9.91. The van der Waals surface area contributed by atoms with Gasteiger partial charge in [-0.25, -0.2) is 0 Å². The van der Waals surface area contributed by atoms with Crippen molar-refractivity contribution in [2.45, 2.75) is 44.9 Å². The van der Waals surface area contributed by atoms with E-state index in [1.165, 1.54) is 12.8 Å². The first-order valence-corrected chi connectivity index (χ1v) is 7.44. The Morgan fingerprint density at radius 3 is 2.50 bits per heavy atom. The van der Waals surface area contributed by atoms with Crippen molar-refractivity contribution in [2.24, 2.45) is 0 Å². The van der Waals surface area contributed by atoms with Gasteiger partial charge in [-0.05, 0) is 22.8 Å². The molecule has 0 spiro atoms. The second-order valence-electron chi connectivity index (χ2n) is 5.35. The largest absolute Gasteiger partial charge is 0.481 e. The molecule has 20 heavy (non-hydrogen) atoms. The molecule has 1 unspecified atom stereocenters. The molecule has 0 amide bonds. The molecule has 0 aliphatic rings. The number of carbonyl (C=O) groups is 1. The molecule has 0 bridgehead atoms. The van der Waals surface area contributed by atoms with E-state index in [0.717, 1.165) is 35.6 Å². The first-order valence-electron chi connectivity index (χ1n) is 7.44. The van der Waals surface area contributed by atoms with Crippen LogP contribution >= 0.6 is 0 Å². The zero-order valence-electron chi connectivity index (χ0n) is 12.0. The smallest absolute Gasteiger partial charge is 0.310 e. The molecule has 0 saturated carbocycles. The van der Waals surface area contributed by atoms with E-state index in [1.807, 2.05) is 36.4 Å². The molecule has 0 aliphatic carbocycles. The highest BCUT2D eigenvalue weighted by Crippen LogP contribution is 2.26. The summed E-state index contributed by atoms with van der Waals surface area (Å²) in [5.41, 5.74) is 0.924. The van der Waals surface area contributed by atoms with Gasteiger partial charge in [-0.2, -0.15) is 0 Å². The normalized spacial score (nSPS) is 12.4. The van der Waals surface area contributed by atoms with E-state index in [4.69, 9.17) is 0 Å². The van der Waals surface area contributed by atoms with E-state index < -0.39 is 5.97 Å². The van der Waals surface area contributed by atoms with Gasteiger partial charge in [0.1, 0.15) is 0 Å². The SMILES string of the molecule is CCCCCCC(C(=O)O)c1ccc2ccccc2c1. The predicted octanol–water partition coefficient (Wildman–Crippen LogP) is 4.98. The number of rotatable bonds is 7. The summed E-state index contributed by atoms with van der Waals surface area (Å²) in [5, 5.41) is 11.7. The van der Waals surface area contributed by atoms with Crippen molar-refractivity contribution in [1.82, 2.24) is 0 Å². The Morgan fingerprint density at radius 1 is 1.05 bits per heavy atom. The maximum Gasteiger partial charge on any atom is 0.310 e. The molecular weight excluding hydrogens is 248 g/mol. The summed E-state index contributed by atoms with van der Waals surface area (Å²) >= 11 is 0. The average molecular weight is 270 g/mol. The first-order chi connectivity index (χ1) is 9.72. The van der Waals surface area contributed by atoms with Crippen molar-refractivity contribution in [3.05, 3.63) is 48.0 Å². The van der Waals surface area contributed by atoms with Gasteiger partial charge in [0.15, 0.2) is 0 Å². The number of unbranched alkanes of at least 4 members (excludes halogenated alkanes) is 3. The topological polar surface area (TPSA) is 37.3 Å². The van der Waals surface area contributed by atoms with Crippen LogP contribution in [-0.4, -0.2) is 11.1 Å². The molecule has 0 saturated heterocycles. The Hall–Kier alpha value is -1.83. The number of carboxylic acid groups (broad SMARTS) is 1. The second-order valence-corrected chi connectivity index (χ2v) is 5.35. The molecule has 2 aromatic carbocycles. The molecule has 1 N–H and O–H groups in total.